The lowest BCUT2D eigenvalue weighted by Crippen LogP contribution is -2.36. The molecule has 6 nitrogen and oxygen atoms in total. The molecule has 1 unspecified atom stereocenters. The van der Waals surface area contributed by atoms with Gasteiger partial charge in [-0.2, -0.15) is 5.10 Å². The third-order valence-electron chi connectivity index (χ3n) is 4.89. The molecule has 1 spiro atoms. The zero-order chi connectivity index (χ0) is 16.0. The Morgan fingerprint density at radius 3 is 2.83 bits per heavy atom. The number of aromatic nitrogens is 2. The first-order valence-electron chi connectivity index (χ1n) is 7.77. The van der Waals surface area contributed by atoms with Gasteiger partial charge in [-0.3, -0.25) is 4.68 Å². The number of hydrogen-bond donors (Lipinski definition) is 1. The fourth-order valence-corrected chi connectivity index (χ4v) is 3.72. The average molecular weight is 312 g/mol. The molecule has 1 atom stereocenters. The molecular formula is C17H20N4O2. The standard InChI is InChI=1S/C17H20N4O2/c1-21-14(6-8-19-21)12-3-4-15(22-2)13-9-17(7-5-11(12)13)10-23-16(18)20-17/h3-4,6,8H,5,7,9-10H2,1-2H3,(H2,18,20). The third kappa shape index (κ3) is 2.17. The number of fused-ring (bicyclic) bond motifs is 1. The maximum atomic E-state index is 5.74. The fraction of sp³-hybridized carbons (Fsp3) is 0.412. The van der Waals surface area contributed by atoms with E-state index < -0.39 is 0 Å². The maximum Gasteiger partial charge on any atom is 0.282 e. The SMILES string of the molecule is COc1ccc(-c2ccnn2C)c2c1CC1(CC2)COC(N)=N1. The van der Waals surface area contributed by atoms with Gasteiger partial charge in [0, 0.05) is 30.8 Å². The zero-order valence-corrected chi connectivity index (χ0v) is 13.4. The summed E-state index contributed by atoms with van der Waals surface area (Å²) in [6.45, 7) is 0.553. The van der Waals surface area contributed by atoms with Crippen LogP contribution in [0, 0.1) is 0 Å². The van der Waals surface area contributed by atoms with Gasteiger partial charge in [-0.1, -0.05) is 0 Å². The van der Waals surface area contributed by atoms with Crippen LogP contribution in [0.3, 0.4) is 0 Å². The lowest BCUT2D eigenvalue weighted by atomic mass is 9.76. The summed E-state index contributed by atoms with van der Waals surface area (Å²) in [5.74, 6) is 0.908. The van der Waals surface area contributed by atoms with Crippen molar-refractivity contribution < 1.29 is 9.47 Å². The molecule has 0 saturated carbocycles. The van der Waals surface area contributed by atoms with Gasteiger partial charge in [0.1, 0.15) is 17.9 Å². The summed E-state index contributed by atoms with van der Waals surface area (Å²) in [5, 5.41) is 4.29. The van der Waals surface area contributed by atoms with Gasteiger partial charge in [0.15, 0.2) is 0 Å². The van der Waals surface area contributed by atoms with Crippen LogP contribution in [0.2, 0.25) is 0 Å². The molecule has 4 rings (SSSR count). The summed E-state index contributed by atoms with van der Waals surface area (Å²) in [5.41, 5.74) is 10.4. The predicted molar refractivity (Wildman–Crippen MR) is 87.5 cm³/mol. The molecule has 2 aliphatic rings. The highest BCUT2D eigenvalue weighted by atomic mass is 16.5. The van der Waals surface area contributed by atoms with Gasteiger partial charge < -0.3 is 15.2 Å². The normalized spacial score (nSPS) is 22.6. The summed E-state index contributed by atoms with van der Waals surface area (Å²) in [7, 11) is 3.68. The Hall–Kier alpha value is -2.50. The number of benzene rings is 1. The summed E-state index contributed by atoms with van der Waals surface area (Å²) >= 11 is 0. The first-order chi connectivity index (χ1) is 11.1. The monoisotopic (exact) mass is 312 g/mol. The zero-order valence-electron chi connectivity index (χ0n) is 13.4. The summed E-state index contributed by atoms with van der Waals surface area (Å²) in [6.07, 6.45) is 4.47. The summed E-state index contributed by atoms with van der Waals surface area (Å²) < 4.78 is 12.9. The van der Waals surface area contributed by atoms with Crippen molar-refractivity contribution >= 4 is 6.02 Å². The highest BCUT2D eigenvalue weighted by Crippen LogP contribution is 2.42. The Morgan fingerprint density at radius 1 is 1.30 bits per heavy atom. The molecule has 1 aromatic carbocycles. The van der Waals surface area contributed by atoms with Crippen LogP contribution in [0.15, 0.2) is 29.4 Å². The van der Waals surface area contributed by atoms with Gasteiger partial charge in [0.2, 0.25) is 0 Å². The number of hydrogen-bond acceptors (Lipinski definition) is 5. The van der Waals surface area contributed by atoms with Crippen molar-refractivity contribution in [1.29, 1.82) is 0 Å². The number of ether oxygens (including phenoxy) is 2. The van der Waals surface area contributed by atoms with E-state index in [9.17, 15) is 0 Å². The number of nitrogens with two attached hydrogens (primary N) is 1. The maximum absolute atomic E-state index is 5.74. The van der Waals surface area contributed by atoms with E-state index in [-0.39, 0.29) is 5.54 Å². The Bertz CT molecular complexity index is 796. The number of methoxy groups -OCH3 is 1. The number of aryl methyl sites for hydroxylation is 1. The van der Waals surface area contributed by atoms with Crippen molar-refractivity contribution in [2.75, 3.05) is 13.7 Å². The molecule has 0 amide bonds. The van der Waals surface area contributed by atoms with Crippen molar-refractivity contribution in [3.8, 4) is 17.0 Å². The van der Waals surface area contributed by atoms with Gasteiger partial charge in [0.05, 0.1) is 12.8 Å². The molecule has 0 saturated heterocycles. The van der Waals surface area contributed by atoms with E-state index in [0.29, 0.717) is 12.6 Å². The smallest absolute Gasteiger partial charge is 0.282 e. The van der Waals surface area contributed by atoms with Crippen LogP contribution in [-0.2, 0) is 24.6 Å². The van der Waals surface area contributed by atoms with E-state index in [1.54, 1.807) is 7.11 Å². The molecule has 6 heteroatoms. The first kappa shape index (κ1) is 14.1. The predicted octanol–water partition coefficient (Wildman–Crippen LogP) is 1.67. The van der Waals surface area contributed by atoms with Crippen LogP contribution in [0.4, 0.5) is 0 Å². The Balaban J connectivity index is 1.84. The van der Waals surface area contributed by atoms with E-state index in [0.717, 1.165) is 30.7 Å². The molecule has 23 heavy (non-hydrogen) atoms. The minimum Gasteiger partial charge on any atom is -0.496 e. The second-order valence-corrected chi connectivity index (χ2v) is 6.25. The van der Waals surface area contributed by atoms with Crippen molar-refractivity contribution in [3.05, 3.63) is 35.5 Å². The molecule has 0 fully saturated rings. The number of nitrogens with zero attached hydrogens (tertiary/aromatic N) is 3. The number of amidine groups is 1. The van der Waals surface area contributed by atoms with Gasteiger partial charge in [-0.15, -0.1) is 0 Å². The van der Waals surface area contributed by atoms with Gasteiger partial charge in [0.25, 0.3) is 6.02 Å². The van der Waals surface area contributed by atoms with E-state index in [4.69, 9.17) is 15.2 Å². The lowest BCUT2D eigenvalue weighted by molar-refractivity contribution is 0.233. The quantitative estimate of drug-likeness (QED) is 0.915. The molecule has 120 valence electrons. The first-order valence-corrected chi connectivity index (χ1v) is 7.77. The summed E-state index contributed by atoms with van der Waals surface area (Å²) in [4.78, 5) is 4.56. The molecule has 2 aromatic rings. The largest absolute Gasteiger partial charge is 0.496 e. The number of rotatable bonds is 2. The van der Waals surface area contributed by atoms with Crippen molar-refractivity contribution in [1.82, 2.24) is 9.78 Å². The second kappa shape index (κ2) is 5.01. The molecule has 0 radical (unpaired) electrons. The van der Waals surface area contributed by atoms with Crippen molar-refractivity contribution in [2.24, 2.45) is 17.8 Å². The molecule has 1 aliphatic carbocycles. The highest BCUT2D eigenvalue weighted by molar-refractivity contribution is 5.74. The lowest BCUT2D eigenvalue weighted by Gasteiger charge is -2.32. The molecule has 1 aromatic heterocycles. The van der Waals surface area contributed by atoms with Gasteiger partial charge in [-0.05, 0) is 36.6 Å². The van der Waals surface area contributed by atoms with Crippen LogP contribution >= 0.6 is 0 Å². The molecular weight excluding hydrogens is 292 g/mol. The fourth-order valence-electron chi connectivity index (χ4n) is 3.72. The van der Waals surface area contributed by atoms with Crippen molar-refractivity contribution in [2.45, 2.75) is 24.8 Å². The van der Waals surface area contributed by atoms with E-state index in [1.807, 2.05) is 30.1 Å². The number of aliphatic imine (C=N–C) groups is 1. The van der Waals surface area contributed by atoms with Crippen LogP contribution in [0.1, 0.15) is 17.5 Å². The Labute approximate surface area is 134 Å². The summed E-state index contributed by atoms with van der Waals surface area (Å²) in [6, 6.07) is 6.50. The van der Waals surface area contributed by atoms with Crippen LogP contribution in [-0.4, -0.2) is 35.1 Å². The molecule has 1 aliphatic heterocycles. The van der Waals surface area contributed by atoms with E-state index in [1.165, 1.54) is 16.7 Å². The highest BCUT2D eigenvalue weighted by Gasteiger charge is 2.41. The minimum absolute atomic E-state index is 0.241. The van der Waals surface area contributed by atoms with E-state index >= 15 is 0 Å². The van der Waals surface area contributed by atoms with E-state index in [2.05, 4.69) is 16.2 Å². The van der Waals surface area contributed by atoms with Crippen molar-refractivity contribution in [3.63, 3.8) is 0 Å². The van der Waals surface area contributed by atoms with Crippen LogP contribution < -0.4 is 10.5 Å². The molecule has 2 heterocycles. The Kier molecular flexibility index (Phi) is 3.07. The van der Waals surface area contributed by atoms with Crippen LogP contribution in [0.25, 0.3) is 11.3 Å². The van der Waals surface area contributed by atoms with Crippen LogP contribution in [0.5, 0.6) is 5.75 Å². The average Bonchev–Trinajstić information content (AvgIpc) is 3.12. The third-order valence-corrected chi connectivity index (χ3v) is 4.89. The molecule has 2 N–H and O–H groups in total. The second-order valence-electron chi connectivity index (χ2n) is 6.25. The van der Waals surface area contributed by atoms with Gasteiger partial charge in [-0.25, -0.2) is 4.99 Å². The molecule has 0 bridgehead atoms. The topological polar surface area (TPSA) is 74.7 Å². The minimum atomic E-state index is -0.241. The van der Waals surface area contributed by atoms with Gasteiger partial charge >= 0.3 is 0 Å². The Morgan fingerprint density at radius 2 is 2.17 bits per heavy atom.